The average Bonchev–Trinajstić information content (AvgIpc) is 2.95. The third-order valence-corrected chi connectivity index (χ3v) is 28.6. The van der Waals surface area contributed by atoms with Gasteiger partial charge in [-0.3, -0.25) is 9.59 Å². The fraction of sp³-hybridized carbons (Fsp3) is 0.186. The first-order chi connectivity index (χ1) is 43.9. The Kier molecular flexibility index (Phi) is 24.8. The maximum absolute atomic E-state index is 12.6. The fourth-order valence-electron chi connectivity index (χ4n) is 9.99. The molecule has 0 bridgehead atoms. The Hall–Kier alpha value is -7.67. The van der Waals surface area contributed by atoms with Crippen molar-refractivity contribution < 1.29 is 14.4 Å². The third kappa shape index (κ3) is 18.5. The molecule has 0 atom stereocenters. The number of hydrogen-bond acceptors (Lipinski definition) is 12. The summed E-state index contributed by atoms with van der Waals surface area (Å²) in [4.78, 5) is 38.9. The molecule has 3 saturated heterocycles. The van der Waals surface area contributed by atoms with E-state index >= 15 is 0 Å². The minimum Gasteiger partial charge on any atom is -0.351 e. The Balaban J connectivity index is 0.000000147. The molecule has 9 aromatic rings. The quantitative estimate of drug-likeness (QED) is 0.0471. The molecule has 3 fully saturated rings. The van der Waals surface area contributed by atoms with Crippen LogP contribution in [0.1, 0.15) is 20.7 Å². The number of hydrogen-bond donors (Lipinski definition) is 3. The summed E-state index contributed by atoms with van der Waals surface area (Å²) < 4.78 is 15.0. The van der Waals surface area contributed by atoms with Crippen LogP contribution in [0.15, 0.2) is 273 Å². The molecule has 0 spiro atoms. The molecule has 0 unspecified atom stereocenters. The summed E-state index contributed by atoms with van der Waals surface area (Å²) in [6.07, 6.45) is 0. The molecule has 0 aliphatic carbocycles. The average molecular weight is 1290 g/mol. The molecule has 4 amide bonds. The predicted molar refractivity (Wildman–Crippen MR) is 387 cm³/mol. The first-order valence-electron chi connectivity index (χ1n) is 29.9. The number of para-hydroxylation sites is 7. The Bertz CT molecular complexity index is 3390. The monoisotopic (exact) mass is 1290 g/mol. The van der Waals surface area contributed by atoms with E-state index in [-0.39, 0.29) is 17.8 Å². The highest BCUT2D eigenvalue weighted by molar-refractivity contribution is 8.57. The van der Waals surface area contributed by atoms with Gasteiger partial charge in [0, 0.05) is 134 Å². The summed E-state index contributed by atoms with van der Waals surface area (Å²) in [5.41, 5.74) is 9.82. The van der Waals surface area contributed by atoms with Crippen LogP contribution in [-0.4, -0.2) is 106 Å². The van der Waals surface area contributed by atoms with Gasteiger partial charge in [-0.1, -0.05) is 198 Å². The number of rotatable bonds is 21. The van der Waals surface area contributed by atoms with Crippen LogP contribution in [0.4, 0.5) is 44.6 Å². The maximum Gasteiger partial charge on any atom is 0.319 e. The Morgan fingerprint density at radius 1 is 0.360 bits per heavy atom. The molecule has 456 valence electrons. The van der Waals surface area contributed by atoms with Gasteiger partial charge < -0.3 is 48.9 Å². The van der Waals surface area contributed by atoms with Crippen molar-refractivity contribution in [3.63, 3.8) is 0 Å². The molecule has 12 rings (SSSR count). The number of urea groups is 1. The van der Waals surface area contributed by atoms with Crippen LogP contribution in [-0.2, 0) is 0 Å². The zero-order chi connectivity index (χ0) is 61.2. The van der Waals surface area contributed by atoms with Gasteiger partial charge in [-0.05, 0) is 109 Å². The molecule has 13 nitrogen and oxygen atoms in total. The van der Waals surface area contributed by atoms with Gasteiger partial charge in [0.15, 0.2) is 22.3 Å². The molecular weight excluding hydrogens is 1220 g/mol. The molecule has 89 heavy (non-hydrogen) atoms. The summed E-state index contributed by atoms with van der Waals surface area (Å²) in [5, 5.41) is 8.88. The van der Waals surface area contributed by atoms with E-state index in [4.69, 9.17) is 0 Å². The first kappa shape index (κ1) is 64.3. The molecule has 0 aromatic heterocycles. The molecule has 19 heteroatoms. The Morgan fingerprint density at radius 3 is 0.955 bits per heavy atom. The van der Waals surface area contributed by atoms with Gasteiger partial charge in [0.1, 0.15) is 0 Å². The maximum atomic E-state index is 12.6. The summed E-state index contributed by atoms with van der Waals surface area (Å²) in [5.74, 6) is 2.69. The van der Waals surface area contributed by atoms with Gasteiger partial charge in [-0.2, -0.15) is 0 Å². The second-order valence-corrected chi connectivity index (χ2v) is 32.1. The zero-order valence-corrected chi connectivity index (χ0v) is 55.0. The lowest BCUT2D eigenvalue weighted by molar-refractivity contribution is 0.0803. The standard InChI is InChI=1S/C24H26N3OPS.C23H25N4OPS.C23H24N3OPS/c1-25(24(28)21-11-5-2-6-12-21)19-20-30-29-26(22-13-7-3-8-14-22)17-18-27(29)23-15-9-4-10-16-23;28-23(25-20-10-4-1-5-11-20)24-16-19-30-29-26(21-12-6-2-7-13-21)17-18-27(29)22-14-8-3-9-15-22;27-23(20-10-4-1-5-11-20)24-16-19-29-28-25(21-12-6-2-7-13-21)17-18-26(28)22-14-8-3-9-15-22/h2-16H,17-20H2,1H3;1-15H,16-19H2,(H2,24,25,28);1-15H,16-19H2,(H,24,27). The number of anilines is 7. The van der Waals surface area contributed by atoms with Gasteiger partial charge >= 0.3 is 6.03 Å². The lowest BCUT2D eigenvalue weighted by atomic mass is 10.2. The summed E-state index contributed by atoms with van der Waals surface area (Å²) in [6, 6.07) is 91.9. The minimum atomic E-state index is -0.592. The van der Waals surface area contributed by atoms with Crippen LogP contribution < -0.4 is 44.0 Å². The topological polar surface area (TPSA) is 110 Å². The van der Waals surface area contributed by atoms with E-state index in [1.54, 1.807) is 0 Å². The second-order valence-electron chi connectivity index (χ2n) is 20.5. The smallest absolute Gasteiger partial charge is 0.319 e. The van der Waals surface area contributed by atoms with Gasteiger partial charge in [0.05, 0.1) is 0 Å². The summed E-state index contributed by atoms with van der Waals surface area (Å²) in [7, 11) is 0.138. The highest BCUT2D eigenvalue weighted by atomic mass is 32.7. The second kappa shape index (κ2) is 34.3. The number of benzene rings is 9. The van der Waals surface area contributed by atoms with Crippen LogP contribution >= 0.6 is 56.4 Å². The molecule has 3 N–H and O–H groups in total. The Labute approximate surface area is 541 Å². The van der Waals surface area contributed by atoms with Crippen LogP contribution in [0.25, 0.3) is 0 Å². The van der Waals surface area contributed by atoms with E-state index < -0.39 is 22.3 Å². The zero-order valence-electron chi connectivity index (χ0n) is 49.9. The SMILES string of the molecule is CN(CCSP1N(c2ccccc2)CCN1c1ccccc1)C(=O)c1ccccc1.O=C(NCCSP1N(c2ccccc2)CCN1c1ccccc1)Nc1ccccc1.O=C(NCCSP1N(c2ccccc2)CCN1c1ccccc1)c1ccccc1. The highest BCUT2D eigenvalue weighted by Gasteiger charge is 2.36. The van der Waals surface area contributed by atoms with E-state index in [1.807, 2.05) is 137 Å². The van der Waals surface area contributed by atoms with Gasteiger partial charge in [-0.25, -0.2) is 4.79 Å². The normalized spacial score (nSPS) is 14.1. The number of carbonyl (C=O) groups excluding carboxylic acids is 3. The van der Waals surface area contributed by atoms with Crippen molar-refractivity contribution in [2.45, 2.75) is 0 Å². The summed E-state index contributed by atoms with van der Waals surface area (Å²) in [6.45, 7) is 8.03. The minimum absolute atomic E-state index is 0.00905. The van der Waals surface area contributed by atoms with E-state index in [1.165, 1.54) is 34.1 Å². The number of nitrogens with one attached hydrogen (secondary N) is 3. The molecule has 9 aromatic carbocycles. The third-order valence-electron chi connectivity index (χ3n) is 14.4. The molecule has 0 saturated carbocycles. The molecule has 0 radical (unpaired) electrons. The van der Waals surface area contributed by atoms with Crippen molar-refractivity contribution in [3.8, 4) is 0 Å². The van der Waals surface area contributed by atoms with Crippen molar-refractivity contribution >= 4 is 114 Å². The van der Waals surface area contributed by atoms with Gasteiger partial charge in [0.2, 0.25) is 0 Å². The lowest BCUT2D eigenvalue weighted by Gasteiger charge is -2.31. The van der Waals surface area contributed by atoms with Gasteiger partial charge in [0.25, 0.3) is 11.8 Å². The fourth-order valence-corrected chi connectivity index (χ4v) is 24.3. The van der Waals surface area contributed by atoms with Crippen molar-refractivity contribution in [2.75, 3.05) is 117 Å². The number of nitrogens with zero attached hydrogens (tertiary/aromatic N) is 7. The number of carbonyl (C=O) groups is 3. The van der Waals surface area contributed by atoms with Crippen LogP contribution in [0.5, 0.6) is 0 Å². The summed E-state index contributed by atoms with van der Waals surface area (Å²) >= 11 is 5.80. The predicted octanol–water partition coefficient (Wildman–Crippen LogP) is 16.9. The van der Waals surface area contributed by atoms with Crippen molar-refractivity contribution in [2.24, 2.45) is 0 Å². The van der Waals surface area contributed by atoms with Crippen molar-refractivity contribution in [3.05, 3.63) is 284 Å². The lowest BCUT2D eigenvalue weighted by Crippen LogP contribution is -2.30. The molecular formula is C70H75N10O3P3S3. The van der Waals surface area contributed by atoms with Crippen LogP contribution in [0.3, 0.4) is 0 Å². The van der Waals surface area contributed by atoms with E-state index in [0.29, 0.717) is 18.7 Å². The van der Waals surface area contributed by atoms with E-state index in [9.17, 15) is 14.4 Å². The largest absolute Gasteiger partial charge is 0.351 e. The number of amides is 4. The van der Waals surface area contributed by atoms with Crippen molar-refractivity contribution in [1.82, 2.24) is 15.5 Å². The highest BCUT2D eigenvalue weighted by Crippen LogP contribution is 2.64. The van der Waals surface area contributed by atoms with E-state index in [0.717, 1.165) is 74.3 Å². The Morgan fingerprint density at radius 2 is 0.629 bits per heavy atom. The molecule has 3 aliphatic heterocycles. The van der Waals surface area contributed by atoms with Crippen LogP contribution in [0.2, 0.25) is 0 Å². The first-order valence-corrected chi connectivity index (χ1v) is 38.4. The van der Waals surface area contributed by atoms with E-state index in [2.05, 4.69) is 226 Å². The van der Waals surface area contributed by atoms with Crippen molar-refractivity contribution in [1.29, 1.82) is 0 Å². The molecule has 3 aliphatic rings. The van der Waals surface area contributed by atoms with Gasteiger partial charge in [-0.15, -0.1) is 0 Å². The van der Waals surface area contributed by atoms with Crippen LogP contribution in [0, 0.1) is 0 Å². The molecule has 3 heterocycles.